The molecule has 1 aliphatic heterocycles. The van der Waals surface area contributed by atoms with Gasteiger partial charge in [0.25, 0.3) is 8.32 Å². The standard InChI is InChI=1S/C9H13NOSi/c1-12(2)7-10-8-5-3-4-6-9(8)11-12/h3-6,10H,7H2,1-2H3. The molecule has 1 aliphatic rings. The average Bonchev–Trinajstić information content (AvgIpc) is 2.02. The SMILES string of the molecule is C[Si]1(C)CNc2ccccc2O1. The minimum Gasteiger partial charge on any atom is -0.541 e. The van der Waals surface area contributed by atoms with E-state index in [1.165, 1.54) is 0 Å². The van der Waals surface area contributed by atoms with Gasteiger partial charge in [-0.15, -0.1) is 0 Å². The summed E-state index contributed by atoms with van der Waals surface area (Å²) in [5.74, 6) is 1.01. The first-order valence-electron chi connectivity index (χ1n) is 4.19. The number of hydrogen-bond donors (Lipinski definition) is 1. The molecule has 64 valence electrons. The fraction of sp³-hybridized carbons (Fsp3) is 0.333. The third-order valence-electron chi connectivity index (χ3n) is 1.98. The van der Waals surface area contributed by atoms with Crippen LogP contribution in [0, 0.1) is 0 Å². The van der Waals surface area contributed by atoms with Gasteiger partial charge in [-0.3, -0.25) is 0 Å². The summed E-state index contributed by atoms with van der Waals surface area (Å²) in [5, 5.41) is 3.39. The van der Waals surface area contributed by atoms with Gasteiger partial charge in [-0.1, -0.05) is 12.1 Å². The summed E-state index contributed by atoms with van der Waals surface area (Å²) in [6.45, 7) is 4.44. The van der Waals surface area contributed by atoms with Crippen molar-refractivity contribution in [3.63, 3.8) is 0 Å². The minimum atomic E-state index is -1.45. The van der Waals surface area contributed by atoms with Gasteiger partial charge in [0.2, 0.25) is 0 Å². The van der Waals surface area contributed by atoms with E-state index >= 15 is 0 Å². The van der Waals surface area contributed by atoms with Gasteiger partial charge in [-0.2, -0.15) is 0 Å². The Kier molecular flexibility index (Phi) is 1.61. The largest absolute Gasteiger partial charge is 0.541 e. The van der Waals surface area contributed by atoms with Crippen molar-refractivity contribution >= 4 is 14.0 Å². The van der Waals surface area contributed by atoms with Crippen LogP contribution in [0.1, 0.15) is 0 Å². The van der Waals surface area contributed by atoms with Crippen molar-refractivity contribution < 1.29 is 4.43 Å². The second-order valence-corrected chi connectivity index (χ2v) is 7.79. The zero-order valence-corrected chi connectivity index (χ0v) is 8.42. The molecule has 0 radical (unpaired) electrons. The van der Waals surface area contributed by atoms with Crippen LogP contribution in [-0.4, -0.2) is 14.5 Å². The molecule has 1 aromatic carbocycles. The first-order chi connectivity index (χ1) is 5.67. The maximum absolute atomic E-state index is 5.90. The lowest BCUT2D eigenvalue weighted by Crippen LogP contribution is -2.45. The van der Waals surface area contributed by atoms with E-state index in [1.54, 1.807) is 0 Å². The van der Waals surface area contributed by atoms with Crippen molar-refractivity contribution in [3.8, 4) is 5.75 Å². The van der Waals surface area contributed by atoms with Crippen molar-refractivity contribution in [2.24, 2.45) is 0 Å². The molecule has 1 aromatic rings. The van der Waals surface area contributed by atoms with E-state index in [1.807, 2.05) is 18.2 Å². The number of rotatable bonds is 0. The smallest absolute Gasteiger partial charge is 0.263 e. The van der Waals surface area contributed by atoms with Crippen molar-refractivity contribution in [1.29, 1.82) is 0 Å². The molecule has 2 rings (SSSR count). The third kappa shape index (κ3) is 1.32. The Morgan fingerprint density at radius 1 is 1.33 bits per heavy atom. The molecule has 0 aliphatic carbocycles. The molecule has 0 atom stereocenters. The number of anilines is 1. The van der Waals surface area contributed by atoms with Crippen molar-refractivity contribution in [1.82, 2.24) is 0 Å². The molecule has 0 unspecified atom stereocenters. The van der Waals surface area contributed by atoms with Gasteiger partial charge in [0, 0.05) is 6.17 Å². The molecular formula is C9H13NOSi. The van der Waals surface area contributed by atoms with Crippen LogP contribution in [0.5, 0.6) is 5.75 Å². The summed E-state index contributed by atoms with van der Waals surface area (Å²) in [6.07, 6.45) is 1.00. The van der Waals surface area contributed by atoms with Gasteiger partial charge < -0.3 is 9.74 Å². The second-order valence-electron chi connectivity index (χ2n) is 3.71. The van der Waals surface area contributed by atoms with Crippen LogP contribution in [-0.2, 0) is 0 Å². The molecule has 12 heavy (non-hydrogen) atoms. The summed E-state index contributed by atoms with van der Waals surface area (Å²) in [7, 11) is -1.45. The van der Waals surface area contributed by atoms with E-state index in [-0.39, 0.29) is 0 Å². The first kappa shape index (κ1) is 7.67. The van der Waals surface area contributed by atoms with Gasteiger partial charge in [-0.25, -0.2) is 0 Å². The lowest BCUT2D eigenvalue weighted by molar-refractivity contribution is 0.543. The number of benzene rings is 1. The monoisotopic (exact) mass is 179 g/mol. The molecule has 0 spiro atoms. The Hall–Kier alpha value is -0.963. The fourth-order valence-corrected chi connectivity index (χ4v) is 2.81. The highest BCUT2D eigenvalue weighted by molar-refractivity contribution is 6.72. The lowest BCUT2D eigenvalue weighted by Gasteiger charge is -2.31. The topological polar surface area (TPSA) is 21.3 Å². The molecule has 1 heterocycles. The highest BCUT2D eigenvalue weighted by atomic mass is 28.4. The molecule has 1 N–H and O–H groups in total. The van der Waals surface area contributed by atoms with Gasteiger partial charge in [-0.05, 0) is 25.2 Å². The number of nitrogens with one attached hydrogen (secondary N) is 1. The normalized spacial score (nSPS) is 18.8. The minimum absolute atomic E-state index is 1.00. The molecule has 0 saturated carbocycles. The summed E-state index contributed by atoms with van der Waals surface area (Å²) < 4.78 is 5.90. The molecular weight excluding hydrogens is 166 g/mol. The number of hydrogen-bond acceptors (Lipinski definition) is 2. The zero-order valence-electron chi connectivity index (χ0n) is 7.42. The molecule has 0 fully saturated rings. The Morgan fingerprint density at radius 3 is 2.92 bits per heavy atom. The molecule has 0 bridgehead atoms. The Morgan fingerprint density at radius 2 is 2.08 bits per heavy atom. The van der Waals surface area contributed by atoms with Crippen LogP contribution < -0.4 is 9.74 Å². The summed E-state index contributed by atoms with van der Waals surface area (Å²) in [6, 6.07) is 8.11. The highest BCUT2D eigenvalue weighted by Gasteiger charge is 2.29. The summed E-state index contributed by atoms with van der Waals surface area (Å²) in [4.78, 5) is 0. The number of para-hydroxylation sites is 2. The van der Waals surface area contributed by atoms with E-state index in [9.17, 15) is 0 Å². The van der Waals surface area contributed by atoms with Gasteiger partial charge in [0.15, 0.2) is 0 Å². The summed E-state index contributed by atoms with van der Waals surface area (Å²) >= 11 is 0. The summed E-state index contributed by atoms with van der Waals surface area (Å²) in [5.41, 5.74) is 1.13. The van der Waals surface area contributed by atoms with E-state index < -0.39 is 8.32 Å². The highest BCUT2D eigenvalue weighted by Crippen LogP contribution is 2.30. The predicted octanol–water partition coefficient (Wildman–Crippen LogP) is 2.24. The van der Waals surface area contributed by atoms with E-state index in [2.05, 4.69) is 24.5 Å². The van der Waals surface area contributed by atoms with Gasteiger partial charge >= 0.3 is 0 Å². The average molecular weight is 179 g/mol. The molecule has 0 saturated heterocycles. The third-order valence-corrected chi connectivity index (χ3v) is 3.78. The first-order valence-corrected chi connectivity index (χ1v) is 7.31. The fourth-order valence-electron chi connectivity index (χ4n) is 1.34. The number of fused-ring (bicyclic) bond motifs is 1. The lowest BCUT2D eigenvalue weighted by atomic mass is 10.3. The molecule has 0 aromatic heterocycles. The second kappa shape index (κ2) is 2.52. The van der Waals surface area contributed by atoms with Gasteiger partial charge in [0.1, 0.15) is 5.75 Å². The van der Waals surface area contributed by atoms with Crippen LogP contribution in [0.4, 0.5) is 5.69 Å². The molecule has 2 nitrogen and oxygen atoms in total. The maximum Gasteiger partial charge on any atom is 0.263 e. The predicted molar refractivity (Wildman–Crippen MR) is 53.0 cm³/mol. The van der Waals surface area contributed by atoms with E-state index in [0.717, 1.165) is 17.6 Å². The Balaban J connectivity index is 2.35. The van der Waals surface area contributed by atoms with Crippen molar-refractivity contribution in [2.45, 2.75) is 13.1 Å². The van der Waals surface area contributed by atoms with Crippen molar-refractivity contribution in [2.75, 3.05) is 11.5 Å². The zero-order chi connectivity index (χ0) is 8.60. The molecule has 3 heteroatoms. The molecule has 0 amide bonds. The quantitative estimate of drug-likeness (QED) is 0.617. The van der Waals surface area contributed by atoms with E-state index in [4.69, 9.17) is 4.43 Å². The van der Waals surface area contributed by atoms with Crippen LogP contribution in [0.25, 0.3) is 0 Å². The maximum atomic E-state index is 5.90. The van der Waals surface area contributed by atoms with E-state index in [0.29, 0.717) is 0 Å². The van der Waals surface area contributed by atoms with Crippen LogP contribution in [0.3, 0.4) is 0 Å². The van der Waals surface area contributed by atoms with Crippen LogP contribution in [0.15, 0.2) is 24.3 Å². The van der Waals surface area contributed by atoms with Crippen molar-refractivity contribution in [3.05, 3.63) is 24.3 Å². The van der Waals surface area contributed by atoms with Gasteiger partial charge in [0.05, 0.1) is 5.69 Å². The van der Waals surface area contributed by atoms with Crippen LogP contribution in [0.2, 0.25) is 13.1 Å². The Labute approximate surface area is 73.7 Å². The van der Waals surface area contributed by atoms with Crippen LogP contribution >= 0.6 is 0 Å². The Bertz CT molecular complexity index is 298.